The van der Waals surface area contributed by atoms with E-state index in [0.717, 1.165) is 0 Å². The van der Waals surface area contributed by atoms with Crippen LogP contribution in [0.15, 0.2) is 66.2 Å². The van der Waals surface area contributed by atoms with Gasteiger partial charge in [0.05, 0.1) is 22.8 Å². The summed E-state index contributed by atoms with van der Waals surface area (Å²) in [5.74, 6) is -0.529. The summed E-state index contributed by atoms with van der Waals surface area (Å²) in [6, 6.07) is 10.6. The first-order valence-electron chi connectivity index (χ1n) is 7.04. The molecule has 0 saturated carbocycles. The number of nitrogens with one attached hydrogen (secondary N) is 1. The standard InChI is InChI=1S/C17H14N4O2/c1-2-9-19-17(23)15-16(22)13-7-3-4-8-14(13)21(20-15)12-6-5-10-18-11-12/h2-8,10-11H,1,9H2,(H,19,23). The Kier molecular flexibility index (Phi) is 3.97. The molecule has 6 heteroatoms. The Labute approximate surface area is 132 Å². The Morgan fingerprint density at radius 1 is 1.26 bits per heavy atom. The van der Waals surface area contributed by atoms with Crippen LogP contribution < -0.4 is 10.7 Å². The van der Waals surface area contributed by atoms with Gasteiger partial charge in [-0.1, -0.05) is 18.2 Å². The summed E-state index contributed by atoms with van der Waals surface area (Å²) in [4.78, 5) is 28.8. The minimum atomic E-state index is -0.529. The molecule has 0 bridgehead atoms. The van der Waals surface area contributed by atoms with Crippen molar-refractivity contribution in [2.45, 2.75) is 0 Å². The van der Waals surface area contributed by atoms with Crippen LogP contribution in [-0.2, 0) is 0 Å². The highest BCUT2D eigenvalue weighted by atomic mass is 16.2. The van der Waals surface area contributed by atoms with Gasteiger partial charge in [-0.2, -0.15) is 5.10 Å². The van der Waals surface area contributed by atoms with Crippen molar-refractivity contribution in [1.82, 2.24) is 20.1 Å². The lowest BCUT2D eigenvalue weighted by Gasteiger charge is -2.11. The van der Waals surface area contributed by atoms with Crippen LogP contribution in [0, 0.1) is 0 Å². The third-order valence-electron chi connectivity index (χ3n) is 3.30. The molecule has 1 aromatic carbocycles. The van der Waals surface area contributed by atoms with E-state index in [2.05, 4.69) is 22.0 Å². The Hall–Kier alpha value is -3.28. The second-order valence-corrected chi connectivity index (χ2v) is 4.82. The van der Waals surface area contributed by atoms with Crippen molar-refractivity contribution in [3.05, 3.63) is 77.4 Å². The average Bonchev–Trinajstić information content (AvgIpc) is 2.61. The van der Waals surface area contributed by atoms with E-state index in [1.807, 2.05) is 12.1 Å². The normalized spacial score (nSPS) is 10.4. The number of amides is 1. The molecule has 0 aliphatic heterocycles. The molecule has 3 rings (SSSR count). The van der Waals surface area contributed by atoms with E-state index in [4.69, 9.17) is 0 Å². The van der Waals surface area contributed by atoms with Crippen molar-refractivity contribution >= 4 is 16.8 Å². The smallest absolute Gasteiger partial charge is 0.276 e. The van der Waals surface area contributed by atoms with Crippen LogP contribution in [0.1, 0.15) is 10.5 Å². The number of carbonyl (C=O) groups excluding carboxylic acids is 1. The number of benzene rings is 1. The van der Waals surface area contributed by atoms with Crippen LogP contribution in [0.25, 0.3) is 16.6 Å². The topological polar surface area (TPSA) is 76.9 Å². The number of para-hydroxylation sites is 1. The van der Waals surface area contributed by atoms with Gasteiger partial charge in [-0.15, -0.1) is 6.58 Å². The van der Waals surface area contributed by atoms with Crippen molar-refractivity contribution in [3.8, 4) is 5.69 Å². The van der Waals surface area contributed by atoms with Gasteiger partial charge in [0.2, 0.25) is 5.43 Å². The zero-order chi connectivity index (χ0) is 16.2. The highest BCUT2D eigenvalue weighted by Gasteiger charge is 2.17. The van der Waals surface area contributed by atoms with E-state index in [0.29, 0.717) is 16.6 Å². The van der Waals surface area contributed by atoms with Crippen LogP contribution >= 0.6 is 0 Å². The summed E-state index contributed by atoms with van der Waals surface area (Å²) in [6.45, 7) is 3.80. The summed E-state index contributed by atoms with van der Waals surface area (Å²) in [7, 11) is 0. The number of hydrogen-bond donors (Lipinski definition) is 1. The van der Waals surface area contributed by atoms with Crippen molar-refractivity contribution in [3.63, 3.8) is 0 Å². The lowest BCUT2D eigenvalue weighted by atomic mass is 10.2. The number of rotatable bonds is 4. The lowest BCUT2D eigenvalue weighted by Crippen LogP contribution is -2.32. The Morgan fingerprint density at radius 3 is 2.83 bits per heavy atom. The highest BCUT2D eigenvalue weighted by Crippen LogP contribution is 2.14. The first-order chi connectivity index (χ1) is 11.2. The van der Waals surface area contributed by atoms with E-state index >= 15 is 0 Å². The minimum Gasteiger partial charge on any atom is -0.347 e. The largest absolute Gasteiger partial charge is 0.347 e. The van der Waals surface area contributed by atoms with Crippen molar-refractivity contribution in [2.75, 3.05) is 6.54 Å². The number of carbonyl (C=O) groups is 1. The lowest BCUT2D eigenvalue weighted by molar-refractivity contribution is 0.0950. The molecule has 114 valence electrons. The molecular weight excluding hydrogens is 292 g/mol. The molecule has 0 saturated heterocycles. The van der Waals surface area contributed by atoms with E-state index in [-0.39, 0.29) is 12.2 Å². The van der Waals surface area contributed by atoms with Gasteiger partial charge in [-0.3, -0.25) is 14.6 Å². The molecular formula is C17H14N4O2. The van der Waals surface area contributed by atoms with E-state index in [1.54, 1.807) is 47.4 Å². The molecule has 2 heterocycles. The molecule has 0 atom stereocenters. The van der Waals surface area contributed by atoms with E-state index < -0.39 is 11.3 Å². The molecule has 1 amide bonds. The van der Waals surface area contributed by atoms with E-state index in [1.165, 1.54) is 0 Å². The number of nitrogens with zero attached hydrogens (tertiary/aromatic N) is 3. The fourth-order valence-corrected chi connectivity index (χ4v) is 2.25. The predicted molar refractivity (Wildman–Crippen MR) is 87.7 cm³/mol. The molecule has 3 aromatic rings. The van der Waals surface area contributed by atoms with Gasteiger partial charge in [0.25, 0.3) is 5.91 Å². The molecule has 0 radical (unpaired) electrons. The highest BCUT2D eigenvalue weighted by molar-refractivity contribution is 5.95. The Bertz CT molecular complexity index is 932. The quantitative estimate of drug-likeness (QED) is 0.744. The van der Waals surface area contributed by atoms with Gasteiger partial charge in [0.15, 0.2) is 5.69 Å². The zero-order valence-electron chi connectivity index (χ0n) is 12.3. The van der Waals surface area contributed by atoms with Crippen molar-refractivity contribution in [1.29, 1.82) is 0 Å². The first kappa shape index (κ1) is 14.6. The van der Waals surface area contributed by atoms with Gasteiger partial charge in [0, 0.05) is 12.7 Å². The molecule has 1 N–H and O–H groups in total. The Morgan fingerprint density at radius 2 is 2.09 bits per heavy atom. The molecule has 0 aliphatic rings. The maximum absolute atomic E-state index is 12.5. The second kappa shape index (κ2) is 6.23. The van der Waals surface area contributed by atoms with Crippen LogP contribution in [0.2, 0.25) is 0 Å². The summed E-state index contributed by atoms with van der Waals surface area (Å²) < 4.78 is 1.55. The minimum absolute atomic E-state index is 0.158. The number of hydrogen-bond acceptors (Lipinski definition) is 4. The number of pyridine rings is 1. The summed E-state index contributed by atoms with van der Waals surface area (Å²) in [5.41, 5.74) is 0.726. The average molecular weight is 306 g/mol. The summed E-state index contributed by atoms with van der Waals surface area (Å²) in [6.07, 6.45) is 4.81. The van der Waals surface area contributed by atoms with Crippen LogP contribution in [0.3, 0.4) is 0 Å². The third-order valence-corrected chi connectivity index (χ3v) is 3.30. The maximum Gasteiger partial charge on any atom is 0.276 e. The summed E-state index contributed by atoms with van der Waals surface area (Å²) in [5, 5.41) is 7.25. The van der Waals surface area contributed by atoms with Gasteiger partial charge in [-0.25, -0.2) is 4.68 Å². The second-order valence-electron chi connectivity index (χ2n) is 4.82. The SMILES string of the molecule is C=CCNC(=O)c1nn(-c2cccnc2)c2ccccc2c1=O. The van der Waals surface area contributed by atoms with Gasteiger partial charge < -0.3 is 5.32 Å². The molecule has 0 aliphatic carbocycles. The fourth-order valence-electron chi connectivity index (χ4n) is 2.25. The number of aromatic nitrogens is 3. The van der Waals surface area contributed by atoms with Crippen molar-refractivity contribution < 1.29 is 4.79 Å². The molecule has 2 aromatic heterocycles. The molecule has 0 unspecified atom stereocenters. The first-order valence-corrected chi connectivity index (χ1v) is 7.04. The predicted octanol–water partition coefficient (Wildman–Crippen LogP) is 1.70. The van der Waals surface area contributed by atoms with Crippen molar-refractivity contribution in [2.24, 2.45) is 0 Å². The fraction of sp³-hybridized carbons (Fsp3) is 0.0588. The van der Waals surface area contributed by atoms with Gasteiger partial charge in [0.1, 0.15) is 0 Å². The van der Waals surface area contributed by atoms with Gasteiger partial charge in [-0.05, 0) is 24.3 Å². The Balaban J connectivity index is 2.27. The third kappa shape index (κ3) is 2.74. The maximum atomic E-state index is 12.5. The molecule has 0 spiro atoms. The molecule has 0 fully saturated rings. The number of fused-ring (bicyclic) bond motifs is 1. The van der Waals surface area contributed by atoms with E-state index in [9.17, 15) is 9.59 Å². The molecule has 6 nitrogen and oxygen atoms in total. The van der Waals surface area contributed by atoms with Gasteiger partial charge >= 0.3 is 0 Å². The van der Waals surface area contributed by atoms with Crippen LogP contribution in [0.5, 0.6) is 0 Å². The summed E-state index contributed by atoms with van der Waals surface area (Å²) >= 11 is 0. The monoisotopic (exact) mass is 306 g/mol. The van der Waals surface area contributed by atoms with Crippen LogP contribution in [0.4, 0.5) is 0 Å². The molecule has 23 heavy (non-hydrogen) atoms. The zero-order valence-corrected chi connectivity index (χ0v) is 12.3. The van der Waals surface area contributed by atoms with Crippen LogP contribution in [-0.4, -0.2) is 27.2 Å².